The number of pyridine rings is 1. The third-order valence-electron chi connectivity index (χ3n) is 5.01. The summed E-state index contributed by atoms with van der Waals surface area (Å²) in [5, 5.41) is 7.06. The summed E-state index contributed by atoms with van der Waals surface area (Å²) in [6.07, 6.45) is 3.86. The van der Waals surface area contributed by atoms with Crippen LogP contribution in [0, 0.1) is 0 Å². The number of fused-ring (bicyclic) bond motifs is 1. The Hall–Kier alpha value is -3.64. The Kier molecular flexibility index (Phi) is 6.29. The van der Waals surface area contributed by atoms with Gasteiger partial charge in [0.05, 0.1) is 22.8 Å². The molecule has 7 heteroatoms. The number of carbonyl (C=O) groups is 2. The van der Waals surface area contributed by atoms with Crippen LogP contribution in [-0.2, 0) is 17.8 Å². The zero-order valence-corrected chi connectivity index (χ0v) is 17.4. The van der Waals surface area contributed by atoms with Gasteiger partial charge in [-0.25, -0.2) is 0 Å². The highest BCUT2D eigenvalue weighted by Gasteiger charge is 2.24. The number of aromatic amines is 1. The molecule has 0 unspecified atom stereocenters. The number of halogens is 1. The van der Waals surface area contributed by atoms with Crippen molar-refractivity contribution in [2.24, 2.45) is 0 Å². The summed E-state index contributed by atoms with van der Waals surface area (Å²) in [5.41, 5.74) is 2.97. The smallest absolute Gasteiger partial charge is 0.253 e. The lowest BCUT2D eigenvalue weighted by Crippen LogP contribution is -2.48. The fourth-order valence-electron chi connectivity index (χ4n) is 3.41. The van der Waals surface area contributed by atoms with Crippen molar-refractivity contribution >= 4 is 34.3 Å². The van der Waals surface area contributed by atoms with E-state index in [-0.39, 0.29) is 12.5 Å². The van der Waals surface area contributed by atoms with Gasteiger partial charge in [0.2, 0.25) is 5.91 Å². The van der Waals surface area contributed by atoms with E-state index in [0.29, 0.717) is 17.0 Å². The van der Waals surface area contributed by atoms with Gasteiger partial charge in [-0.15, -0.1) is 0 Å². The highest BCUT2D eigenvalue weighted by atomic mass is 35.5. The third kappa shape index (κ3) is 4.92. The molecule has 2 amide bonds. The Balaban J connectivity index is 1.55. The van der Waals surface area contributed by atoms with Crippen molar-refractivity contribution in [3.8, 4) is 0 Å². The van der Waals surface area contributed by atoms with E-state index in [4.69, 9.17) is 11.6 Å². The Morgan fingerprint density at radius 3 is 2.58 bits per heavy atom. The van der Waals surface area contributed by atoms with Crippen LogP contribution in [-0.4, -0.2) is 27.8 Å². The standard InChI is InChI=1S/C24H21ClN4O2/c25-20-10-3-1-9-19(20)23(30)29-22(24(31)28-15-17-7-5-6-12-26-17)13-16-14-27-21-11-4-2-8-18(16)21/h1-12,14,22,27H,13,15H2,(H,28,31)(H,29,30)/t22-/m0/s1. The summed E-state index contributed by atoms with van der Waals surface area (Å²) in [5.74, 6) is -0.695. The fourth-order valence-corrected chi connectivity index (χ4v) is 3.64. The zero-order valence-electron chi connectivity index (χ0n) is 16.6. The number of hydrogen-bond donors (Lipinski definition) is 3. The summed E-state index contributed by atoms with van der Waals surface area (Å²) in [4.78, 5) is 33.3. The molecular formula is C24H21ClN4O2. The van der Waals surface area contributed by atoms with Crippen LogP contribution < -0.4 is 10.6 Å². The predicted molar refractivity (Wildman–Crippen MR) is 121 cm³/mol. The van der Waals surface area contributed by atoms with Crippen molar-refractivity contribution in [3.05, 3.63) is 101 Å². The predicted octanol–water partition coefficient (Wildman–Crippen LogP) is 3.87. The van der Waals surface area contributed by atoms with Crippen LogP contribution in [0.5, 0.6) is 0 Å². The summed E-state index contributed by atoms with van der Waals surface area (Å²) in [6.45, 7) is 0.270. The second kappa shape index (κ2) is 9.45. The first-order chi connectivity index (χ1) is 15.1. The number of benzene rings is 2. The van der Waals surface area contributed by atoms with E-state index in [1.807, 2.05) is 48.7 Å². The molecule has 31 heavy (non-hydrogen) atoms. The molecule has 0 radical (unpaired) electrons. The fraction of sp³-hybridized carbons (Fsp3) is 0.125. The number of aromatic nitrogens is 2. The van der Waals surface area contributed by atoms with Crippen LogP contribution in [0.2, 0.25) is 5.02 Å². The molecule has 6 nitrogen and oxygen atoms in total. The molecule has 3 N–H and O–H groups in total. The molecule has 4 aromatic rings. The maximum Gasteiger partial charge on any atom is 0.253 e. The lowest BCUT2D eigenvalue weighted by atomic mass is 10.0. The second-order valence-electron chi connectivity index (χ2n) is 7.11. The van der Waals surface area contributed by atoms with E-state index < -0.39 is 11.9 Å². The molecule has 0 spiro atoms. The van der Waals surface area contributed by atoms with Crippen molar-refractivity contribution in [2.45, 2.75) is 19.0 Å². The summed E-state index contributed by atoms with van der Waals surface area (Å²) < 4.78 is 0. The molecule has 0 saturated carbocycles. The van der Waals surface area contributed by atoms with Gasteiger partial charge in [0.15, 0.2) is 0 Å². The number of carbonyl (C=O) groups excluding carboxylic acids is 2. The highest BCUT2D eigenvalue weighted by molar-refractivity contribution is 6.33. The molecule has 4 rings (SSSR count). The van der Waals surface area contributed by atoms with Gasteiger partial charge >= 0.3 is 0 Å². The molecule has 2 aromatic carbocycles. The molecule has 156 valence electrons. The summed E-state index contributed by atoms with van der Waals surface area (Å²) >= 11 is 6.17. The topological polar surface area (TPSA) is 86.9 Å². The van der Waals surface area contributed by atoms with Crippen LogP contribution in [0.25, 0.3) is 10.9 Å². The van der Waals surface area contributed by atoms with Crippen molar-refractivity contribution in [1.29, 1.82) is 0 Å². The van der Waals surface area contributed by atoms with Gasteiger partial charge < -0.3 is 15.6 Å². The Labute approximate surface area is 184 Å². The van der Waals surface area contributed by atoms with Crippen LogP contribution in [0.4, 0.5) is 0 Å². The SMILES string of the molecule is O=C(N[C@@H](Cc1c[nH]c2ccccc12)C(=O)NCc1ccccn1)c1ccccc1Cl. The first kappa shape index (κ1) is 20.6. The number of nitrogens with one attached hydrogen (secondary N) is 3. The van der Waals surface area contributed by atoms with E-state index in [2.05, 4.69) is 20.6 Å². The first-order valence-corrected chi connectivity index (χ1v) is 10.3. The average molecular weight is 433 g/mol. The molecule has 0 saturated heterocycles. The van der Waals surface area contributed by atoms with Gasteiger partial charge in [0, 0.05) is 29.7 Å². The number of rotatable bonds is 7. The molecule has 0 aliphatic carbocycles. The number of hydrogen-bond acceptors (Lipinski definition) is 3. The maximum atomic E-state index is 13.0. The summed E-state index contributed by atoms with van der Waals surface area (Å²) in [6, 6.07) is 19.3. The molecule has 0 bridgehead atoms. The third-order valence-corrected chi connectivity index (χ3v) is 5.34. The minimum atomic E-state index is -0.785. The summed E-state index contributed by atoms with van der Waals surface area (Å²) in [7, 11) is 0. The first-order valence-electron chi connectivity index (χ1n) is 9.90. The van der Waals surface area contributed by atoms with Crippen molar-refractivity contribution < 1.29 is 9.59 Å². The number of amides is 2. The van der Waals surface area contributed by atoms with Crippen molar-refractivity contribution in [3.63, 3.8) is 0 Å². The van der Waals surface area contributed by atoms with E-state index >= 15 is 0 Å². The monoisotopic (exact) mass is 432 g/mol. The Morgan fingerprint density at radius 2 is 1.77 bits per heavy atom. The molecule has 0 fully saturated rings. The van der Waals surface area contributed by atoms with Crippen LogP contribution >= 0.6 is 11.6 Å². The number of para-hydroxylation sites is 1. The maximum absolute atomic E-state index is 13.0. The van der Waals surface area contributed by atoms with E-state index in [1.54, 1.807) is 30.5 Å². The molecule has 1 atom stereocenters. The van der Waals surface area contributed by atoms with Gasteiger partial charge in [-0.3, -0.25) is 14.6 Å². The van der Waals surface area contributed by atoms with E-state index in [0.717, 1.165) is 22.2 Å². The Bertz CT molecular complexity index is 1210. The number of H-pyrrole nitrogens is 1. The van der Waals surface area contributed by atoms with Crippen LogP contribution in [0.15, 0.2) is 79.1 Å². The van der Waals surface area contributed by atoms with Gasteiger partial charge in [-0.1, -0.05) is 48.0 Å². The van der Waals surface area contributed by atoms with Gasteiger partial charge in [-0.05, 0) is 35.9 Å². The Morgan fingerprint density at radius 1 is 1.00 bits per heavy atom. The largest absolute Gasteiger partial charge is 0.361 e. The average Bonchev–Trinajstić information content (AvgIpc) is 3.21. The number of nitrogens with zero attached hydrogens (tertiary/aromatic N) is 1. The van der Waals surface area contributed by atoms with Crippen LogP contribution in [0.1, 0.15) is 21.6 Å². The quantitative estimate of drug-likeness (QED) is 0.414. The molecule has 2 aromatic heterocycles. The minimum absolute atomic E-state index is 0.270. The highest BCUT2D eigenvalue weighted by Crippen LogP contribution is 2.20. The lowest BCUT2D eigenvalue weighted by molar-refractivity contribution is -0.123. The minimum Gasteiger partial charge on any atom is -0.361 e. The van der Waals surface area contributed by atoms with Crippen molar-refractivity contribution in [2.75, 3.05) is 0 Å². The molecular weight excluding hydrogens is 412 g/mol. The van der Waals surface area contributed by atoms with Crippen LogP contribution in [0.3, 0.4) is 0 Å². The van der Waals surface area contributed by atoms with Crippen molar-refractivity contribution in [1.82, 2.24) is 20.6 Å². The van der Waals surface area contributed by atoms with E-state index in [9.17, 15) is 9.59 Å². The van der Waals surface area contributed by atoms with Gasteiger partial charge in [0.25, 0.3) is 5.91 Å². The lowest BCUT2D eigenvalue weighted by Gasteiger charge is -2.19. The molecule has 2 heterocycles. The normalized spacial score (nSPS) is 11.8. The second-order valence-corrected chi connectivity index (χ2v) is 7.52. The van der Waals surface area contributed by atoms with Gasteiger partial charge in [-0.2, -0.15) is 0 Å². The molecule has 0 aliphatic heterocycles. The van der Waals surface area contributed by atoms with E-state index in [1.165, 1.54) is 0 Å². The molecule has 0 aliphatic rings. The zero-order chi connectivity index (χ0) is 21.6. The van der Waals surface area contributed by atoms with Gasteiger partial charge in [0.1, 0.15) is 6.04 Å².